The first-order valence-electron chi connectivity index (χ1n) is 9.11. The van der Waals surface area contributed by atoms with Crippen molar-refractivity contribution in [2.75, 3.05) is 11.0 Å². The van der Waals surface area contributed by atoms with Crippen LogP contribution in [0.1, 0.15) is 51.3 Å². The maximum atomic E-state index is 12.9. The molecule has 0 aliphatic heterocycles. The summed E-state index contributed by atoms with van der Waals surface area (Å²) in [4.78, 5) is 16.1. The molecule has 8 heteroatoms. The van der Waals surface area contributed by atoms with Gasteiger partial charge in [-0.15, -0.1) is 0 Å². The normalized spacial score (nSPS) is 12.2. The molecule has 2 N–H and O–H groups in total. The smallest absolute Gasteiger partial charge is 0.229 e. The Morgan fingerprint density at radius 2 is 1.73 bits per heavy atom. The van der Waals surface area contributed by atoms with E-state index in [4.69, 9.17) is 11.6 Å². The minimum atomic E-state index is -3.36. The quantitative estimate of drug-likeness (QED) is 0.545. The second kappa shape index (κ2) is 8.34. The molecule has 0 aliphatic rings. The number of nitriles is 1. The van der Waals surface area contributed by atoms with Crippen LogP contribution < -0.4 is 4.72 Å². The Kier molecular flexibility index (Phi) is 6.01. The molecular weight excluding hydrogens is 422 g/mol. The number of carbonyl (C=O) groups excluding carboxylic acids is 1. The summed E-state index contributed by atoms with van der Waals surface area (Å²) in [6, 6.07) is 15.7. The van der Waals surface area contributed by atoms with Gasteiger partial charge in [0.25, 0.3) is 0 Å². The fourth-order valence-electron chi connectivity index (χ4n) is 3.28. The molecule has 0 fully saturated rings. The lowest BCUT2D eigenvalue weighted by Crippen LogP contribution is -2.09. The largest absolute Gasteiger partial charge is 0.354 e. The number of aromatic amines is 1. The number of halogens is 1. The van der Waals surface area contributed by atoms with Crippen molar-refractivity contribution in [3.8, 4) is 6.07 Å². The van der Waals surface area contributed by atoms with Crippen molar-refractivity contribution >= 4 is 33.1 Å². The molecule has 154 valence electrons. The number of aromatic nitrogens is 1. The number of sulfonamides is 1. The van der Waals surface area contributed by atoms with Gasteiger partial charge in [-0.3, -0.25) is 9.52 Å². The second-order valence-electron chi connectivity index (χ2n) is 7.08. The second-order valence-corrected chi connectivity index (χ2v) is 9.26. The molecule has 3 aromatic rings. The van der Waals surface area contributed by atoms with E-state index in [0.717, 1.165) is 11.8 Å². The molecule has 2 aromatic carbocycles. The van der Waals surface area contributed by atoms with Crippen LogP contribution in [-0.2, 0) is 10.0 Å². The number of hydrogen-bond donors (Lipinski definition) is 2. The van der Waals surface area contributed by atoms with Gasteiger partial charge < -0.3 is 4.98 Å². The number of H-pyrrole nitrogens is 1. The molecule has 1 atom stereocenters. The third kappa shape index (κ3) is 4.56. The Hall–Kier alpha value is -3.08. The predicted octanol–water partition coefficient (Wildman–Crippen LogP) is 4.60. The Labute approximate surface area is 180 Å². The lowest BCUT2D eigenvalue weighted by Gasteiger charge is -2.12. The van der Waals surface area contributed by atoms with E-state index in [1.54, 1.807) is 55.5 Å². The third-order valence-corrected chi connectivity index (χ3v) is 5.73. The molecule has 1 heterocycles. The van der Waals surface area contributed by atoms with Crippen molar-refractivity contribution in [2.45, 2.75) is 19.8 Å². The lowest BCUT2D eigenvalue weighted by molar-refractivity contribution is 0.103. The Morgan fingerprint density at radius 3 is 2.27 bits per heavy atom. The van der Waals surface area contributed by atoms with E-state index in [1.165, 1.54) is 0 Å². The fraction of sp³-hybridized carbons (Fsp3) is 0.182. The van der Waals surface area contributed by atoms with E-state index in [9.17, 15) is 18.5 Å². The maximum Gasteiger partial charge on any atom is 0.229 e. The highest BCUT2D eigenvalue weighted by Gasteiger charge is 2.24. The average molecular weight is 442 g/mol. The van der Waals surface area contributed by atoms with Crippen LogP contribution in [0.25, 0.3) is 0 Å². The number of anilines is 1. The van der Waals surface area contributed by atoms with Gasteiger partial charge in [-0.2, -0.15) is 5.26 Å². The molecule has 0 saturated carbocycles. The van der Waals surface area contributed by atoms with Crippen LogP contribution in [0.15, 0.2) is 48.5 Å². The molecule has 1 aromatic heterocycles. The zero-order valence-electron chi connectivity index (χ0n) is 16.7. The monoisotopic (exact) mass is 441 g/mol. The van der Waals surface area contributed by atoms with Crippen LogP contribution in [0.3, 0.4) is 0 Å². The first kappa shape index (κ1) is 21.6. The summed E-state index contributed by atoms with van der Waals surface area (Å²) in [6.45, 7) is 3.66. The summed E-state index contributed by atoms with van der Waals surface area (Å²) in [6.07, 6.45) is 1.09. The molecule has 0 spiro atoms. The van der Waals surface area contributed by atoms with Gasteiger partial charge in [0.05, 0.1) is 17.5 Å². The number of hydrogen-bond acceptors (Lipinski definition) is 4. The summed E-state index contributed by atoms with van der Waals surface area (Å²) in [5, 5.41) is 10.2. The highest BCUT2D eigenvalue weighted by molar-refractivity contribution is 7.92. The molecule has 30 heavy (non-hydrogen) atoms. The number of carbonyl (C=O) groups is 1. The van der Waals surface area contributed by atoms with Crippen LogP contribution in [0.5, 0.6) is 0 Å². The van der Waals surface area contributed by atoms with Crippen LogP contribution in [0, 0.1) is 18.3 Å². The van der Waals surface area contributed by atoms with E-state index < -0.39 is 10.0 Å². The van der Waals surface area contributed by atoms with Crippen molar-refractivity contribution in [3.05, 3.63) is 87.2 Å². The molecule has 0 amide bonds. The standard InChI is InChI=1S/C22H20ClN3O3S/c1-13(15-6-10-18(11-7-15)26-30(3,28)29)20-19(12-24)14(2)21(25-20)22(27)16-4-8-17(23)9-5-16/h4-11,13,25-26H,1-3H3. The fourth-order valence-corrected chi connectivity index (χ4v) is 3.97. The SMILES string of the molecule is Cc1c(C(=O)c2ccc(Cl)cc2)[nH]c(C(C)c2ccc(NS(C)(=O)=O)cc2)c1C#N. The van der Waals surface area contributed by atoms with Crippen molar-refractivity contribution in [2.24, 2.45) is 0 Å². The maximum absolute atomic E-state index is 12.9. The van der Waals surface area contributed by atoms with Gasteiger partial charge in [-0.05, 0) is 54.4 Å². The summed E-state index contributed by atoms with van der Waals surface area (Å²) in [5.41, 5.74) is 3.83. The summed E-state index contributed by atoms with van der Waals surface area (Å²) in [5.74, 6) is -0.427. The van der Waals surface area contributed by atoms with Crippen molar-refractivity contribution in [1.82, 2.24) is 4.98 Å². The molecular formula is C22H20ClN3O3S. The average Bonchev–Trinajstić information content (AvgIpc) is 3.03. The van der Waals surface area contributed by atoms with Gasteiger partial charge in [-0.25, -0.2) is 8.42 Å². The number of rotatable bonds is 6. The number of benzene rings is 2. The third-order valence-electron chi connectivity index (χ3n) is 4.87. The van der Waals surface area contributed by atoms with E-state index >= 15 is 0 Å². The first-order chi connectivity index (χ1) is 14.1. The predicted molar refractivity (Wildman–Crippen MR) is 118 cm³/mol. The molecule has 0 aliphatic carbocycles. The number of nitrogens with one attached hydrogen (secondary N) is 2. The van der Waals surface area contributed by atoms with Crippen LogP contribution >= 0.6 is 11.6 Å². The highest BCUT2D eigenvalue weighted by Crippen LogP contribution is 2.31. The summed E-state index contributed by atoms with van der Waals surface area (Å²) >= 11 is 5.90. The zero-order chi connectivity index (χ0) is 22.1. The Balaban J connectivity index is 1.96. The van der Waals surface area contributed by atoms with Gasteiger partial charge in [0.2, 0.25) is 15.8 Å². The van der Waals surface area contributed by atoms with E-state index in [0.29, 0.717) is 38.8 Å². The Bertz CT molecular complexity index is 1240. The van der Waals surface area contributed by atoms with Gasteiger partial charge in [-0.1, -0.05) is 30.7 Å². The van der Waals surface area contributed by atoms with Gasteiger partial charge in [0.15, 0.2) is 0 Å². The molecule has 0 bridgehead atoms. The van der Waals surface area contributed by atoms with Crippen molar-refractivity contribution < 1.29 is 13.2 Å². The van der Waals surface area contributed by atoms with Gasteiger partial charge in [0, 0.05) is 27.9 Å². The molecule has 0 saturated heterocycles. The molecule has 3 rings (SSSR count). The zero-order valence-corrected chi connectivity index (χ0v) is 18.2. The topological polar surface area (TPSA) is 103 Å². The van der Waals surface area contributed by atoms with E-state index in [2.05, 4.69) is 15.8 Å². The Morgan fingerprint density at radius 1 is 1.13 bits per heavy atom. The van der Waals surface area contributed by atoms with Gasteiger partial charge in [0.1, 0.15) is 6.07 Å². The van der Waals surface area contributed by atoms with Crippen LogP contribution in [-0.4, -0.2) is 25.4 Å². The number of ketones is 1. The van der Waals surface area contributed by atoms with Crippen molar-refractivity contribution in [1.29, 1.82) is 5.26 Å². The number of nitrogens with zero attached hydrogens (tertiary/aromatic N) is 1. The lowest BCUT2D eigenvalue weighted by atomic mass is 9.94. The minimum absolute atomic E-state index is 0.211. The molecule has 0 radical (unpaired) electrons. The van der Waals surface area contributed by atoms with Crippen LogP contribution in [0.4, 0.5) is 5.69 Å². The van der Waals surface area contributed by atoms with Crippen LogP contribution in [0.2, 0.25) is 5.02 Å². The first-order valence-corrected chi connectivity index (χ1v) is 11.4. The summed E-state index contributed by atoms with van der Waals surface area (Å²) < 4.78 is 25.2. The van der Waals surface area contributed by atoms with E-state index in [1.807, 2.05) is 6.92 Å². The van der Waals surface area contributed by atoms with E-state index in [-0.39, 0.29) is 11.7 Å². The molecule has 1 unspecified atom stereocenters. The van der Waals surface area contributed by atoms with Crippen molar-refractivity contribution in [3.63, 3.8) is 0 Å². The molecule has 6 nitrogen and oxygen atoms in total. The van der Waals surface area contributed by atoms with Gasteiger partial charge >= 0.3 is 0 Å². The minimum Gasteiger partial charge on any atom is -0.354 e. The highest BCUT2D eigenvalue weighted by atomic mass is 35.5. The summed E-state index contributed by atoms with van der Waals surface area (Å²) in [7, 11) is -3.36.